The van der Waals surface area contributed by atoms with E-state index in [-0.39, 0.29) is 12.5 Å². The van der Waals surface area contributed by atoms with Crippen molar-refractivity contribution in [2.24, 2.45) is 5.92 Å². The predicted molar refractivity (Wildman–Crippen MR) is 172 cm³/mol. The van der Waals surface area contributed by atoms with Gasteiger partial charge in [0.15, 0.2) is 6.23 Å². The molecule has 0 bridgehead atoms. The summed E-state index contributed by atoms with van der Waals surface area (Å²) in [5.41, 5.74) is 3.46. The van der Waals surface area contributed by atoms with Gasteiger partial charge in [-0.25, -0.2) is 4.68 Å². The van der Waals surface area contributed by atoms with Crippen molar-refractivity contribution in [1.82, 2.24) is 15.0 Å². The van der Waals surface area contributed by atoms with Gasteiger partial charge < -0.3 is 44.1 Å². The molecule has 12 heteroatoms. The van der Waals surface area contributed by atoms with Gasteiger partial charge in [-0.2, -0.15) is 0 Å². The highest BCUT2D eigenvalue weighted by molar-refractivity contribution is 5.16. The molecule has 0 aliphatic carbocycles. The van der Waals surface area contributed by atoms with Crippen LogP contribution in [-0.2, 0) is 43.5 Å². The molecule has 2 saturated heterocycles. The average molecular weight is 662 g/mol. The highest BCUT2D eigenvalue weighted by atomic mass is 16.6. The molecule has 4 aromatic rings. The van der Waals surface area contributed by atoms with Crippen LogP contribution in [0.1, 0.15) is 41.6 Å². The molecular weight excluding hydrogens is 618 g/mol. The quantitative estimate of drug-likeness (QED) is 0.167. The van der Waals surface area contributed by atoms with Gasteiger partial charge in [0, 0.05) is 5.92 Å². The van der Waals surface area contributed by atoms with E-state index in [0.29, 0.717) is 25.5 Å². The molecule has 0 spiro atoms. The number of rotatable bonds is 13. The van der Waals surface area contributed by atoms with Crippen molar-refractivity contribution >= 4 is 0 Å². The fourth-order valence-corrected chi connectivity index (χ4v) is 6.26. The van der Waals surface area contributed by atoms with Crippen LogP contribution in [0.2, 0.25) is 0 Å². The minimum absolute atomic E-state index is 0.195. The van der Waals surface area contributed by atoms with Crippen LogP contribution < -0.4 is 0 Å². The molecule has 4 N–H and O–H groups in total. The van der Waals surface area contributed by atoms with Gasteiger partial charge in [0.1, 0.15) is 42.3 Å². The molecule has 10 atom stereocenters. The minimum atomic E-state index is -1.56. The molecular formula is C36H43N3O9. The van der Waals surface area contributed by atoms with Gasteiger partial charge in [-0.15, -0.1) is 5.10 Å². The van der Waals surface area contributed by atoms with E-state index >= 15 is 0 Å². The number of hydrogen-bond donors (Lipinski definition) is 4. The second kappa shape index (κ2) is 16.2. The Hall–Kier alpha value is -3.56. The van der Waals surface area contributed by atoms with Crippen molar-refractivity contribution in [2.45, 2.75) is 81.8 Å². The summed E-state index contributed by atoms with van der Waals surface area (Å²) in [6, 6.07) is 29.7. The first-order chi connectivity index (χ1) is 23.4. The second-order valence-corrected chi connectivity index (χ2v) is 12.3. The summed E-state index contributed by atoms with van der Waals surface area (Å²) in [5, 5.41) is 49.6. The Morgan fingerprint density at radius 2 is 1.25 bits per heavy atom. The molecule has 2 fully saturated rings. The van der Waals surface area contributed by atoms with Gasteiger partial charge in [-0.05, 0) is 16.7 Å². The molecule has 6 rings (SSSR count). The number of aromatic nitrogens is 3. The lowest BCUT2D eigenvalue weighted by molar-refractivity contribution is -0.254. The normalized spacial score (nSPS) is 30.7. The Morgan fingerprint density at radius 3 is 1.83 bits per heavy atom. The maximum atomic E-state index is 10.7. The van der Waals surface area contributed by atoms with E-state index < -0.39 is 61.7 Å². The summed E-state index contributed by atoms with van der Waals surface area (Å²) in [4.78, 5) is 0. The lowest BCUT2D eigenvalue weighted by Gasteiger charge is -2.45. The molecule has 2 aliphatic rings. The molecule has 0 saturated carbocycles. The number of hydrogen-bond acceptors (Lipinski definition) is 11. The van der Waals surface area contributed by atoms with Crippen LogP contribution in [0.5, 0.6) is 0 Å². The Labute approximate surface area is 279 Å². The van der Waals surface area contributed by atoms with Crippen molar-refractivity contribution in [2.75, 3.05) is 13.2 Å². The third-order valence-corrected chi connectivity index (χ3v) is 8.93. The summed E-state index contributed by atoms with van der Waals surface area (Å²) in [6.45, 7) is 2.83. The third kappa shape index (κ3) is 8.00. The molecule has 0 unspecified atom stereocenters. The van der Waals surface area contributed by atoms with Gasteiger partial charge in [0.2, 0.25) is 0 Å². The molecule has 0 radical (unpaired) electrons. The Balaban J connectivity index is 1.27. The largest absolute Gasteiger partial charge is 0.394 e. The van der Waals surface area contributed by atoms with Gasteiger partial charge >= 0.3 is 0 Å². The summed E-state index contributed by atoms with van der Waals surface area (Å²) in [7, 11) is 0. The van der Waals surface area contributed by atoms with E-state index in [1.807, 2.05) is 91.0 Å². The predicted octanol–water partition coefficient (Wildman–Crippen LogP) is 2.71. The fourth-order valence-electron chi connectivity index (χ4n) is 6.26. The zero-order valence-corrected chi connectivity index (χ0v) is 26.7. The maximum Gasteiger partial charge on any atom is 0.180 e. The van der Waals surface area contributed by atoms with E-state index in [1.54, 1.807) is 6.20 Å². The van der Waals surface area contributed by atoms with Crippen molar-refractivity contribution in [1.29, 1.82) is 0 Å². The van der Waals surface area contributed by atoms with E-state index in [4.69, 9.17) is 23.7 Å². The molecule has 0 amide bonds. The Kier molecular flexibility index (Phi) is 11.6. The molecule has 3 aromatic carbocycles. The lowest BCUT2D eigenvalue weighted by Crippen LogP contribution is -2.56. The Bertz CT molecular complexity index is 1530. The Morgan fingerprint density at radius 1 is 0.688 bits per heavy atom. The highest BCUT2D eigenvalue weighted by Gasteiger charge is 2.48. The topological polar surface area (TPSA) is 158 Å². The first kappa shape index (κ1) is 34.3. The molecule has 48 heavy (non-hydrogen) atoms. The summed E-state index contributed by atoms with van der Waals surface area (Å²) in [6.07, 6.45) is -7.48. The number of nitrogens with zero attached hydrogens (tertiary/aromatic N) is 3. The smallest absolute Gasteiger partial charge is 0.180 e. The fraction of sp³-hybridized carbons (Fsp3) is 0.444. The number of benzene rings is 3. The second-order valence-electron chi connectivity index (χ2n) is 12.3. The third-order valence-electron chi connectivity index (χ3n) is 8.93. The van der Waals surface area contributed by atoms with Gasteiger partial charge in [-0.1, -0.05) is 103 Å². The average Bonchev–Trinajstić information content (AvgIpc) is 3.61. The van der Waals surface area contributed by atoms with Gasteiger partial charge in [0.25, 0.3) is 0 Å². The van der Waals surface area contributed by atoms with E-state index in [2.05, 4.69) is 17.2 Å². The minimum Gasteiger partial charge on any atom is -0.394 e. The molecule has 256 valence electrons. The van der Waals surface area contributed by atoms with E-state index in [0.717, 1.165) is 16.7 Å². The molecule has 3 heterocycles. The van der Waals surface area contributed by atoms with E-state index in [9.17, 15) is 20.4 Å². The summed E-state index contributed by atoms with van der Waals surface area (Å²) >= 11 is 0. The molecule has 2 aliphatic heterocycles. The van der Waals surface area contributed by atoms with Crippen LogP contribution in [-0.4, -0.2) is 91.4 Å². The van der Waals surface area contributed by atoms with Crippen LogP contribution in [0.3, 0.4) is 0 Å². The molecule has 1 aromatic heterocycles. The number of aliphatic hydroxyl groups is 4. The van der Waals surface area contributed by atoms with Crippen LogP contribution in [0.25, 0.3) is 0 Å². The van der Waals surface area contributed by atoms with E-state index in [1.165, 1.54) is 4.68 Å². The van der Waals surface area contributed by atoms with Crippen molar-refractivity contribution < 1.29 is 44.1 Å². The first-order valence-corrected chi connectivity index (χ1v) is 16.2. The van der Waals surface area contributed by atoms with Crippen LogP contribution in [0, 0.1) is 5.92 Å². The van der Waals surface area contributed by atoms with Crippen LogP contribution in [0.15, 0.2) is 97.2 Å². The maximum absolute atomic E-state index is 10.7. The van der Waals surface area contributed by atoms with Gasteiger partial charge in [0.05, 0.1) is 51.4 Å². The van der Waals surface area contributed by atoms with Crippen molar-refractivity contribution in [3.05, 3.63) is 120 Å². The van der Waals surface area contributed by atoms with Gasteiger partial charge in [-0.3, -0.25) is 0 Å². The monoisotopic (exact) mass is 661 g/mol. The zero-order chi connectivity index (χ0) is 33.5. The SMILES string of the molecule is C[C@@H]1[C@H](OCc2ccccc2)[C@@H](c2cn([C@H]3O[C@H](CO)[C@@H](O)[C@H](O)[C@@H]3O)nn2)O[C@H](COCc2ccccc2)[C@H]1OCc1ccccc1. The first-order valence-electron chi connectivity index (χ1n) is 16.2. The van der Waals surface area contributed by atoms with Crippen LogP contribution in [0.4, 0.5) is 0 Å². The lowest BCUT2D eigenvalue weighted by atomic mass is 9.86. The molecule has 12 nitrogen and oxygen atoms in total. The highest BCUT2D eigenvalue weighted by Crippen LogP contribution is 2.40. The number of aliphatic hydroxyl groups excluding tert-OH is 4. The van der Waals surface area contributed by atoms with Crippen molar-refractivity contribution in [3.63, 3.8) is 0 Å². The summed E-state index contributed by atoms with van der Waals surface area (Å²) < 4.78 is 33.1. The van der Waals surface area contributed by atoms with Crippen molar-refractivity contribution in [3.8, 4) is 0 Å². The standard InChI is InChI=1S/C36H43N3O9/c1-23-33(45-20-25-13-7-3-8-14-25)29(22-44-19-24-11-5-2-6-12-24)47-35(34(23)46-21-26-15-9-4-10-16-26)27-17-39(38-37-27)36-32(43)31(42)30(41)28(18-40)48-36/h2-17,23,28-36,40-43H,18-22H2,1H3/t23-,28+,29+,30+,31-,32-,33-,34-,35+,36-/m0/s1. The zero-order valence-electron chi connectivity index (χ0n) is 26.7. The summed E-state index contributed by atoms with van der Waals surface area (Å²) in [5.74, 6) is -0.195. The number of ether oxygens (including phenoxy) is 5. The van der Waals surface area contributed by atoms with Crippen LogP contribution >= 0.6 is 0 Å².